The summed E-state index contributed by atoms with van der Waals surface area (Å²) in [4.78, 5) is 14.0. The van der Waals surface area contributed by atoms with E-state index >= 15 is 0 Å². The van der Waals surface area contributed by atoms with Crippen molar-refractivity contribution in [1.29, 1.82) is 0 Å². The van der Waals surface area contributed by atoms with Crippen LogP contribution in [0.4, 0.5) is 5.69 Å². The van der Waals surface area contributed by atoms with Gasteiger partial charge in [0.05, 0.1) is 0 Å². The van der Waals surface area contributed by atoms with E-state index in [4.69, 9.17) is 4.74 Å². The lowest BCUT2D eigenvalue weighted by molar-refractivity contribution is -0.127. The van der Waals surface area contributed by atoms with Crippen LogP contribution in [0.3, 0.4) is 0 Å². The van der Waals surface area contributed by atoms with Gasteiger partial charge in [-0.05, 0) is 31.9 Å². The molecule has 0 spiro atoms. The number of benzene rings is 1. The zero-order valence-corrected chi connectivity index (χ0v) is 9.56. The molecule has 0 unspecified atom stereocenters. The summed E-state index contributed by atoms with van der Waals surface area (Å²) in [6.45, 7) is 3.38. The number of carbonyl (C=O) groups is 1. The molecule has 1 atom stereocenters. The van der Waals surface area contributed by atoms with Crippen LogP contribution in [0.2, 0.25) is 0 Å². The molecular weight excluding hydrogens is 202 g/mol. The molecule has 1 fully saturated rings. The van der Waals surface area contributed by atoms with Gasteiger partial charge in [0.2, 0.25) is 0 Å². The molecule has 1 heterocycles. The fourth-order valence-electron chi connectivity index (χ4n) is 2.02. The monoisotopic (exact) mass is 219 g/mol. The molecule has 1 saturated heterocycles. The van der Waals surface area contributed by atoms with Crippen molar-refractivity contribution in [3.05, 3.63) is 30.3 Å². The van der Waals surface area contributed by atoms with Crippen LogP contribution in [0.25, 0.3) is 0 Å². The first-order valence-corrected chi connectivity index (χ1v) is 5.81. The molecule has 0 aromatic heterocycles. The highest BCUT2D eigenvalue weighted by Gasteiger charge is 2.28. The Kier molecular flexibility index (Phi) is 3.57. The van der Waals surface area contributed by atoms with Crippen LogP contribution in [-0.2, 0) is 9.53 Å². The maximum atomic E-state index is 12.2. The molecule has 0 bridgehead atoms. The molecule has 1 aromatic carbocycles. The molecule has 0 saturated carbocycles. The van der Waals surface area contributed by atoms with Gasteiger partial charge in [0, 0.05) is 18.8 Å². The molecular formula is C13H17NO2. The Labute approximate surface area is 96.0 Å². The van der Waals surface area contributed by atoms with Crippen LogP contribution in [0, 0.1) is 0 Å². The van der Waals surface area contributed by atoms with E-state index in [-0.39, 0.29) is 12.0 Å². The zero-order chi connectivity index (χ0) is 11.4. The number of nitrogens with zero attached hydrogens (tertiary/aromatic N) is 1. The molecule has 86 valence electrons. The van der Waals surface area contributed by atoms with Crippen LogP contribution in [-0.4, -0.2) is 25.2 Å². The number of amides is 1. The summed E-state index contributed by atoms with van der Waals surface area (Å²) < 4.78 is 5.43. The smallest absolute Gasteiger partial charge is 0.256 e. The Hall–Kier alpha value is -1.35. The molecule has 1 amide bonds. The quantitative estimate of drug-likeness (QED) is 0.780. The topological polar surface area (TPSA) is 29.5 Å². The number of anilines is 1. The van der Waals surface area contributed by atoms with Crippen LogP contribution in [0.5, 0.6) is 0 Å². The predicted molar refractivity (Wildman–Crippen MR) is 63.4 cm³/mol. The third-order valence-corrected chi connectivity index (χ3v) is 2.86. The van der Waals surface area contributed by atoms with Crippen molar-refractivity contribution in [2.45, 2.75) is 25.9 Å². The van der Waals surface area contributed by atoms with E-state index in [1.165, 1.54) is 0 Å². The van der Waals surface area contributed by atoms with Crippen molar-refractivity contribution in [1.82, 2.24) is 0 Å². The molecule has 16 heavy (non-hydrogen) atoms. The Morgan fingerprint density at radius 3 is 2.75 bits per heavy atom. The van der Waals surface area contributed by atoms with Crippen LogP contribution in [0.15, 0.2) is 30.3 Å². The Morgan fingerprint density at radius 1 is 1.44 bits per heavy atom. The molecule has 0 radical (unpaired) electrons. The van der Waals surface area contributed by atoms with E-state index < -0.39 is 0 Å². The number of rotatable bonds is 3. The first-order chi connectivity index (χ1) is 7.83. The summed E-state index contributed by atoms with van der Waals surface area (Å²) in [6.07, 6.45) is 1.60. The van der Waals surface area contributed by atoms with Gasteiger partial charge in [-0.25, -0.2) is 0 Å². The lowest BCUT2D eigenvalue weighted by Gasteiger charge is -2.23. The van der Waals surface area contributed by atoms with Gasteiger partial charge in [-0.2, -0.15) is 0 Å². The molecule has 1 aliphatic heterocycles. The second-order valence-corrected chi connectivity index (χ2v) is 3.92. The van der Waals surface area contributed by atoms with Crippen molar-refractivity contribution in [3.63, 3.8) is 0 Å². The van der Waals surface area contributed by atoms with Gasteiger partial charge in [0.15, 0.2) is 0 Å². The Morgan fingerprint density at radius 2 is 2.19 bits per heavy atom. The molecule has 1 aromatic rings. The fourth-order valence-corrected chi connectivity index (χ4v) is 2.02. The van der Waals surface area contributed by atoms with Crippen molar-refractivity contribution in [2.75, 3.05) is 18.1 Å². The molecule has 1 aliphatic rings. The van der Waals surface area contributed by atoms with Crippen molar-refractivity contribution < 1.29 is 9.53 Å². The average molecular weight is 219 g/mol. The minimum Gasteiger partial charge on any atom is -0.368 e. The van der Waals surface area contributed by atoms with Gasteiger partial charge in [0.1, 0.15) is 6.10 Å². The SMILES string of the molecule is CCN(C(=O)[C@@H]1CCCO1)c1ccccc1. The van der Waals surface area contributed by atoms with E-state index in [0.29, 0.717) is 13.2 Å². The second kappa shape index (κ2) is 5.12. The van der Waals surface area contributed by atoms with Crippen molar-refractivity contribution in [3.8, 4) is 0 Å². The summed E-state index contributed by atoms with van der Waals surface area (Å²) in [7, 11) is 0. The number of hydrogen-bond donors (Lipinski definition) is 0. The van der Waals surface area contributed by atoms with Crippen LogP contribution >= 0.6 is 0 Å². The molecule has 0 aliphatic carbocycles. The normalized spacial score (nSPS) is 19.7. The summed E-state index contributed by atoms with van der Waals surface area (Å²) in [5, 5.41) is 0. The fraction of sp³-hybridized carbons (Fsp3) is 0.462. The molecule has 3 heteroatoms. The maximum absolute atomic E-state index is 12.2. The number of carbonyl (C=O) groups excluding carboxylic acids is 1. The minimum atomic E-state index is -0.236. The first-order valence-electron chi connectivity index (χ1n) is 5.81. The first kappa shape index (κ1) is 11.1. The summed E-state index contributed by atoms with van der Waals surface area (Å²) in [5.74, 6) is 0.0891. The highest BCUT2D eigenvalue weighted by atomic mass is 16.5. The van der Waals surface area contributed by atoms with Crippen LogP contribution < -0.4 is 4.90 Å². The highest BCUT2D eigenvalue weighted by molar-refractivity contribution is 5.96. The number of para-hydroxylation sites is 1. The predicted octanol–water partition coefficient (Wildman–Crippen LogP) is 2.22. The summed E-state index contributed by atoms with van der Waals surface area (Å²) >= 11 is 0. The van der Waals surface area contributed by atoms with Gasteiger partial charge in [0.25, 0.3) is 5.91 Å². The summed E-state index contributed by atoms with van der Waals surface area (Å²) in [6, 6.07) is 9.75. The van der Waals surface area contributed by atoms with E-state index in [9.17, 15) is 4.79 Å². The number of likely N-dealkylation sites (N-methyl/N-ethyl adjacent to an activating group) is 1. The Balaban J connectivity index is 2.13. The average Bonchev–Trinajstić information content (AvgIpc) is 2.85. The van der Waals surface area contributed by atoms with E-state index in [0.717, 1.165) is 18.5 Å². The number of hydrogen-bond acceptors (Lipinski definition) is 2. The lowest BCUT2D eigenvalue weighted by Crippen LogP contribution is -2.38. The van der Waals surface area contributed by atoms with Crippen molar-refractivity contribution in [2.24, 2.45) is 0 Å². The minimum absolute atomic E-state index is 0.0891. The molecule has 0 N–H and O–H groups in total. The molecule has 3 nitrogen and oxygen atoms in total. The molecule has 2 rings (SSSR count). The van der Waals surface area contributed by atoms with Gasteiger partial charge in [-0.1, -0.05) is 18.2 Å². The summed E-state index contributed by atoms with van der Waals surface area (Å²) in [5.41, 5.74) is 0.950. The largest absolute Gasteiger partial charge is 0.368 e. The standard InChI is InChI=1S/C13H17NO2/c1-2-14(11-7-4-3-5-8-11)13(15)12-9-6-10-16-12/h3-5,7-8,12H,2,6,9-10H2,1H3/t12-/m0/s1. The second-order valence-electron chi connectivity index (χ2n) is 3.92. The lowest BCUT2D eigenvalue weighted by atomic mass is 10.2. The zero-order valence-electron chi connectivity index (χ0n) is 9.56. The third-order valence-electron chi connectivity index (χ3n) is 2.86. The van der Waals surface area contributed by atoms with Gasteiger partial charge in [-0.15, -0.1) is 0 Å². The number of ether oxygens (including phenoxy) is 1. The van der Waals surface area contributed by atoms with Crippen LogP contribution in [0.1, 0.15) is 19.8 Å². The van der Waals surface area contributed by atoms with Gasteiger partial charge < -0.3 is 9.64 Å². The van der Waals surface area contributed by atoms with E-state index in [1.807, 2.05) is 37.3 Å². The van der Waals surface area contributed by atoms with E-state index in [1.54, 1.807) is 4.90 Å². The third kappa shape index (κ3) is 2.25. The highest BCUT2D eigenvalue weighted by Crippen LogP contribution is 2.19. The van der Waals surface area contributed by atoms with E-state index in [2.05, 4.69) is 0 Å². The van der Waals surface area contributed by atoms with Gasteiger partial charge >= 0.3 is 0 Å². The Bertz CT molecular complexity index is 344. The van der Waals surface area contributed by atoms with Crippen molar-refractivity contribution >= 4 is 11.6 Å². The van der Waals surface area contributed by atoms with Gasteiger partial charge in [-0.3, -0.25) is 4.79 Å². The maximum Gasteiger partial charge on any atom is 0.256 e.